The molecule has 0 radical (unpaired) electrons. The number of ether oxygens (including phenoxy) is 1. The van der Waals surface area contributed by atoms with Crippen LogP contribution in [0.1, 0.15) is 36.2 Å². The van der Waals surface area contributed by atoms with E-state index in [0.717, 1.165) is 16.1 Å². The van der Waals surface area contributed by atoms with E-state index in [9.17, 15) is 18.0 Å². The summed E-state index contributed by atoms with van der Waals surface area (Å²) in [5, 5.41) is 2.69. The fourth-order valence-electron chi connectivity index (χ4n) is 3.02. The molecular formula is C21H26N2O5S. The van der Waals surface area contributed by atoms with Gasteiger partial charge in [0.25, 0.3) is 0 Å². The molecule has 0 heterocycles. The summed E-state index contributed by atoms with van der Waals surface area (Å²) in [7, 11) is -3.74. The number of rotatable bonds is 8. The number of benzene rings is 2. The summed E-state index contributed by atoms with van der Waals surface area (Å²) in [6.07, 6.45) is 1.31. The first kappa shape index (κ1) is 22.4. The molecule has 0 saturated carbocycles. The summed E-state index contributed by atoms with van der Waals surface area (Å²) < 4.78 is 31.2. The number of nitrogens with zero attached hydrogens (tertiary/aromatic N) is 1. The summed E-state index contributed by atoms with van der Waals surface area (Å²) in [6.45, 7) is 5.47. The lowest BCUT2D eigenvalue weighted by atomic mass is 10.1. The van der Waals surface area contributed by atoms with E-state index in [0.29, 0.717) is 5.69 Å². The third-order valence-electron chi connectivity index (χ3n) is 4.27. The molecule has 1 amide bonds. The largest absolute Gasteiger partial charge is 0.462 e. The summed E-state index contributed by atoms with van der Waals surface area (Å²) in [4.78, 5) is 25.2. The van der Waals surface area contributed by atoms with Crippen molar-refractivity contribution < 1.29 is 22.7 Å². The van der Waals surface area contributed by atoms with Crippen LogP contribution in [0.25, 0.3) is 0 Å². The number of nitrogens with one attached hydrogen (secondary N) is 1. The summed E-state index contributed by atoms with van der Waals surface area (Å²) in [6, 6.07) is 12.4. The van der Waals surface area contributed by atoms with Crippen LogP contribution in [0.2, 0.25) is 0 Å². The molecule has 0 unspecified atom stereocenters. The van der Waals surface area contributed by atoms with E-state index in [-0.39, 0.29) is 24.3 Å². The van der Waals surface area contributed by atoms with Crippen molar-refractivity contribution in [3.63, 3.8) is 0 Å². The molecule has 0 aliphatic heterocycles. The minimum atomic E-state index is -3.74. The third-order valence-corrected chi connectivity index (χ3v) is 5.45. The van der Waals surface area contributed by atoms with Crippen LogP contribution < -0.4 is 9.62 Å². The Balaban J connectivity index is 2.40. The van der Waals surface area contributed by atoms with E-state index >= 15 is 0 Å². The van der Waals surface area contributed by atoms with Gasteiger partial charge in [0.05, 0.1) is 29.8 Å². The predicted molar refractivity (Wildman–Crippen MR) is 114 cm³/mol. The van der Waals surface area contributed by atoms with E-state index in [1.165, 1.54) is 0 Å². The Morgan fingerprint density at radius 2 is 1.79 bits per heavy atom. The maximum absolute atomic E-state index is 13.1. The summed E-state index contributed by atoms with van der Waals surface area (Å²) in [5.41, 5.74) is 1.76. The second-order valence-corrected chi connectivity index (χ2v) is 8.44. The van der Waals surface area contributed by atoms with Crippen molar-refractivity contribution >= 4 is 33.3 Å². The highest BCUT2D eigenvalue weighted by molar-refractivity contribution is 7.92. The van der Waals surface area contributed by atoms with Gasteiger partial charge >= 0.3 is 5.97 Å². The van der Waals surface area contributed by atoms with Crippen LogP contribution in [0.3, 0.4) is 0 Å². The standard InChI is InChI=1S/C21H26N2O5S/c1-5-19(23(29(4,26)27)16-11-9-10-15(3)14-16)20(24)22-18-13-8-7-12-17(18)21(25)28-6-2/h7-14,19H,5-6H2,1-4H3,(H,22,24)/t19-/m1/s1. The van der Waals surface area contributed by atoms with Crippen LogP contribution in [0, 0.1) is 6.92 Å². The average molecular weight is 419 g/mol. The zero-order valence-corrected chi connectivity index (χ0v) is 17.8. The van der Waals surface area contributed by atoms with E-state index in [1.54, 1.807) is 56.3 Å². The molecule has 2 aromatic carbocycles. The summed E-state index contributed by atoms with van der Waals surface area (Å²) in [5.74, 6) is -1.09. The molecule has 0 bridgehead atoms. The average Bonchev–Trinajstić information content (AvgIpc) is 2.65. The molecule has 0 fully saturated rings. The zero-order chi connectivity index (χ0) is 21.6. The third kappa shape index (κ3) is 5.57. The van der Waals surface area contributed by atoms with Gasteiger partial charge in [0, 0.05) is 0 Å². The van der Waals surface area contributed by atoms with Crippen LogP contribution in [-0.2, 0) is 19.6 Å². The molecule has 1 N–H and O–H groups in total. The lowest BCUT2D eigenvalue weighted by Crippen LogP contribution is -2.47. The maximum atomic E-state index is 13.1. The van der Waals surface area contributed by atoms with Gasteiger partial charge in [-0.1, -0.05) is 31.2 Å². The van der Waals surface area contributed by atoms with Gasteiger partial charge in [-0.05, 0) is 50.1 Å². The Hall–Kier alpha value is -2.87. The van der Waals surface area contributed by atoms with Gasteiger partial charge < -0.3 is 10.1 Å². The highest BCUT2D eigenvalue weighted by atomic mass is 32.2. The SMILES string of the molecule is CCOC(=O)c1ccccc1NC(=O)[C@@H](CC)N(c1cccc(C)c1)S(C)(=O)=O. The van der Waals surface area contributed by atoms with E-state index in [4.69, 9.17) is 4.74 Å². The number of para-hydroxylation sites is 1. The predicted octanol–water partition coefficient (Wildman–Crippen LogP) is 3.36. The van der Waals surface area contributed by atoms with Crippen molar-refractivity contribution in [3.8, 4) is 0 Å². The minimum Gasteiger partial charge on any atom is -0.462 e. The molecule has 8 heteroatoms. The minimum absolute atomic E-state index is 0.202. The Kier molecular flexibility index (Phi) is 7.39. The van der Waals surface area contributed by atoms with Crippen LogP contribution in [-0.4, -0.2) is 39.2 Å². The quantitative estimate of drug-likeness (QED) is 0.664. The molecule has 156 valence electrons. The van der Waals surface area contributed by atoms with Gasteiger partial charge in [-0.2, -0.15) is 0 Å². The number of hydrogen-bond donors (Lipinski definition) is 1. The first-order chi connectivity index (χ1) is 13.7. The molecule has 29 heavy (non-hydrogen) atoms. The van der Waals surface area contributed by atoms with E-state index < -0.39 is 27.9 Å². The number of aryl methyl sites for hydroxylation is 1. The fourth-order valence-corrected chi connectivity index (χ4v) is 4.22. The summed E-state index contributed by atoms with van der Waals surface area (Å²) >= 11 is 0. The van der Waals surface area contributed by atoms with Crippen molar-refractivity contribution in [3.05, 3.63) is 59.7 Å². The number of anilines is 2. The molecule has 0 aromatic heterocycles. The van der Waals surface area contributed by atoms with Crippen LogP contribution in [0.5, 0.6) is 0 Å². The topological polar surface area (TPSA) is 92.8 Å². The molecular weight excluding hydrogens is 392 g/mol. The van der Waals surface area contributed by atoms with Crippen molar-refractivity contribution in [2.24, 2.45) is 0 Å². The van der Waals surface area contributed by atoms with E-state index in [2.05, 4.69) is 5.32 Å². The molecule has 0 saturated heterocycles. The number of carbonyl (C=O) groups is 2. The van der Waals surface area contributed by atoms with Crippen molar-refractivity contribution in [2.45, 2.75) is 33.2 Å². The zero-order valence-electron chi connectivity index (χ0n) is 17.0. The number of hydrogen-bond acceptors (Lipinski definition) is 5. The fraction of sp³-hybridized carbons (Fsp3) is 0.333. The molecule has 0 aliphatic carbocycles. The van der Waals surface area contributed by atoms with Crippen molar-refractivity contribution in [1.82, 2.24) is 0 Å². The number of amides is 1. The lowest BCUT2D eigenvalue weighted by Gasteiger charge is -2.30. The Morgan fingerprint density at radius 3 is 2.38 bits per heavy atom. The second kappa shape index (κ2) is 9.56. The smallest absolute Gasteiger partial charge is 0.340 e. The van der Waals surface area contributed by atoms with Crippen molar-refractivity contribution in [1.29, 1.82) is 0 Å². The monoisotopic (exact) mass is 418 g/mol. The molecule has 0 aliphatic rings. The number of carbonyl (C=O) groups excluding carboxylic acids is 2. The molecule has 2 rings (SSSR count). The Morgan fingerprint density at radius 1 is 1.10 bits per heavy atom. The van der Waals surface area contributed by atoms with E-state index in [1.807, 2.05) is 13.0 Å². The Labute approximate surface area is 171 Å². The Bertz CT molecular complexity index is 988. The van der Waals surface area contributed by atoms with Crippen LogP contribution >= 0.6 is 0 Å². The second-order valence-electron chi connectivity index (χ2n) is 6.58. The van der Waals surface area contributed by atoms with Crippen molar-refractivity contribution in [2.75, 3.05) is 22.5 Å². The van der Waals surface area contributed by atoms with Gasteiger partial charge in [-0.15, -0.1) is 0 Å². The highest BCUT2D eigenvalue weighted by Gasteiger charge is 2.32. The van der Waals surface area contributed by atoms with Gasteiger partial charge in [0.1, 0.15) is 6.04 Å². The molecule has 2 aromatic rings. The van der Waals surface area contributed by atoms with Crippen LogP contribution in [0.4, 0.5) is 11.4 Å². The molecule has 1 atom stereocenters. The first-order valence-corrected chi connectivity index (χ1v) is 11.2. The van der Waals surface area contributed by atoms with Crippen LogP contribution in [0.15, 0.2) is 48.5 Å². The van der Waals surface area contributed by atoms with Gasteiger partial charge in [0.2, 0.25) is 15.9 Å². The van der Waals surface area contributed by atoms with Gasteiger partial charge in [-0.25, -0.2) is 13.2 Å². The normalized spacial score (nSPS) is 12.1. The number of sulfonamides is 1. The van der Waals surface area contributed by atoms with Gasteiger partial charge in [0.15, 0.2) is 0 Å². The van der Waals surface area contributed by atoms with Gasteiger partial charge in [-0.3, -0.25) is 9.10 Å². The first-order valence-electron chi connectivity index (χ1n) is 9.32. The molecule has 7 nitrogen and oxygen atoms in total. The maximum Gasteiger partial charge on any atom is 0.340 e. The molecule has 0 spiro atoms. The lowest BCUT2D eigenvalue weighted by molar-refractivity contribution is -0.117. The highest BCUT2D eigenvalue weighted by Crippen LogP contribution is 2.25. The number of esters is 1.